The first kappa shape index (κ1) is 16.3. The molecule has 25 heavy (non-hydrogen) atoms. The second-order valence-corrected chi connectivity index (χ2v) is 6.97. The maximum absolute atomic E-state index is 5.69. The minimum Gasteiger partial charge on any atom is -0.376 e. The monoisotopic (exact) mass is 338 g/mol. The largest absolute Gasteiger partial charge is 0.376 e. The first-order chi connectivity index (χ1) is 12.4. The molecule has 1 atom stereocenters. The standard InChI is InChI=1S/C20H26N4O/c1-2-7-15(8-3-1)18-13-19(22-16-9-4-5-10-16)24-20(23-18)21-14-17-11-6-12-25-17/h1-3,7-8,13,16-17H,4-6,9-12,14H2,(H2,21,22,23,24). The summed E-state index contributed by atoms with van der Waals surface area (Å²) < 4.78 is 5.69. The van der Waals surface area contributed by atoms with E-state index in [-0.39, 0.29) is 6.10 Å². The molecule has 0 amide bonds. The molecule has 2 aliphatic rings. The Bertz CT molecular complexity index is 679. The Morgan fingerprint density at radius 1 is 1.00 bits per heavy atom. The molecule has 4 rings (SSSR count). The number of ether oxygens (including phenoxy) is 1. The predicted molar refractivity (Wildman–Crippen MR) is 101 cm³/mol. The Hall–Kier alpha value is -2.14. The summed E-state index contributed by atoms with van der Waals surface area (Å²) in [5, 5.41) is 6.97. The summed E-state index contributed by atoms with van der Waals surface area (Å²) in [5.74, 6) is 1.59. The molecule has 1 aliphatic heterocycles. The molecule has 1 aliphatic carbocycles. The minimum absolute atomic E-state index is 0.273. The summed E-state index contributed by atoms with van der Waals surface area (Å²) in [6, 6.07) is 12.9. The van der Waals surface area contributed by atoms with E-state index in [0.717, 1.165) is 43.1 Å². The smallest absolute Gasteiger partial charge is 0.225 e. The van der Waals surface area contributed by atoms with Gasteiger partial charge in [-0.05, 0) is 25.7 Å². The molecule has 1 saturated heterocycles. The Morgan fingerprint density at radius 3 is 2.60 bits per heavy atom. The van der Waals surface area contributed by atoms with Crippen LogP contribution in [-0.2, 0) is 4.74 Å². The molecule has 0 bridgehead atoms. The maximum atomic E-state index is 5.69. The van der Waals surface area contributed by atoms with Gasteiger partial charge in [0.25, 0.3) is 0 Å². The van der Waals surface area contributed by atoms with E-state index in [1.807, 2.05) is 18.2 Å². The molecule has 132 valence electrons. The fourth-order valence-corrected chi connectivity index (χ4v) is 3.65. The number of nitrogens with zero attached hydrogens (tertiary/aromatic N) is 2. The highest BCUT2D eigenvalue weighted by atomic mass is 16.5. The average Bonchev–Trinajstić information content (AvgIpc) is 3.34. The summed E-state index contributed by atoms with van der Waals surface area (Å²) in [6.45, 7) is 1.63. The van der Waals surface area contributed by atoms with Crippen LogP contribution in [0.25, 0.3) is 11.3 Å². The topological polar surface area (TPSA) is 59.1 Å². The summed E-state index contributed by atoms with van der Waals surface area (Å²) in [4.78, 5) is 9.42. The summed E-state index contributed by atoms with van der Waals surface area (Å²) >= 11 is 0. The van der Waals surface area contributed by atoms with E-state index >= 15 is 0 Å². The van der Waals surface area contributed by atoms with Gasteiger partial charge in [0.2, 0.25) is 5.95 Å². The lowest BCUT2D eigenvalue weighted by atomic mass is 10.1. The van der Waals surface area contributed by atoms with E-state index < -0.39 is 0 Å². The number of aromatic nitrogens is 2. The van der Waals surface area contributed by atoms with Crippen LogP contribution in [0.2, 0.25) is 0 Å². The van der Waals surface area contributed by atoms with Gasteiger partial charge in [0.05, 0.1) is 11.8 Å². The van der Waals surface area contributed by atoms with E-state index in [0.29, 0.717) is 12.0 Å². The van der Waals surface area contributed by atoms with Crippen molar-refractivity contribution in [3.8, 4) is 11.3 Å². The quantitative estimate of drug-likeness (QED) is 0.831. The van der Waals surface area contributed by atoms with Crippen molar-refractivity contribution >= 4 is 11.8 Å². The SMILES string of the molecule is c1ccc(-c2cc(NC3CCCC3)nc(NCC3CCCO3)n2)cc1. The van der Waals surface area contributed by atoms with Crippen LogP contribution in [0.1, 0.15) is 38.5 Å². The van der Waals surface area contributed by atoms with Crippen LogP contribution >= 0.6 is 0 Å². The number of rotatable bonds is 6. The fraction of sp³-hybridized carbons (Fsp3) is 0.500. The third-order valence-electron chi connectivity index (χ3n) is 5.01. The van der Waals surface area contributed by atoms with Gasteiger partial charge in [-0.2, -0.15) is 4.98 Å². The maximum Gasteiger partial charge on any atom is 0.225 e. The van der Waals surface area contributed by atoms with Gasteiger partial charge in [-0.25, -0.2) is 4.98 Å². The van der Waals surface area contributed by atoms with Crippen LogP contribution in [0.5, 0.6) is 0 Å². The molecule has 1 aromatic carbocycles. The normalized spacial score (nSPS) is 20.7. The third kappa shape index (κ3) is 4.28. The van der Waals surface area contributed by atoms with Crippen LogP contribution < -0.4 is 10.6 Å². The number of hydrogen-bond acceptors (Lipinski definition) is 5. The van der Waals surface area contributed by atoms with Gasteiger partial charge in [0, 0.05) is 30.8 Å². The molecule has 5 heteroatoms. The second kappa shape index (κ2) is 7.83. The van der Waals surface area contributed by atoms with Crippen LogP contribution in [-0.4, -0.2) is 35.3 Å². The van der Waals surface area contributed by atoms with Gasteiger partial charge in [-0.15, -0.1) is 0 Å². The molecule has 1 aromatic heterocycles. The Kier molecular flexibility index (Phi) is 5.11. The Balaban J connectivity index is 1.55. The van der Waals surface area contributed by atoms with Gasteiger partial charge >= 0.3 is 0 Å². The lowest BCUT2D eigenvalue weighted by Crippen LogP contribution is -2.21. The number of nitrogens with one attached hydrogen (secondary N) is 2. The molecule has 0 radical (unpaired) electrons. The molecule has 2 heterocycles. The number of benzene rings is 1. The zero-order chi connectivity index (χ0) is 16.9. The van der Waals surface area contributed by atoms with Gasteiger partial charge < -0.3 is 15.4 Å². The van der Waals surface area contributed by atoms with E-state index in [9.17, 15) is 0 Å². The van der Waals surface area contributed by atoms with E-state index in [4.69, 9.17) is 14.7 Å². The predicted octanol–water partition coefficient (Wildman–Crippen LogP) is 4.09. The highest BCUT2D eigenvalue weighted by Crippen LogP contribution is 2.25. The molecular formula is C20H26N4O. The van der Waals surface area contributed by atoms with Crippen LogP contribution in [0.3, 0.4) is 0 Å². The van der Waals surface area contributed by atoms with Gasteiger partial charge in [-0.1, -0.05) is 43.2 Å². The molecular weight excluding hydrogens is 312 g/mol. The molecule has 1 saturated carbocycles. The van der Waals surface area contributed by atoms with Crippen LogP contribution in [0.15, 0.2) is 36.4 Å². The molecule has 5 nitrogen and oxygen atoms in total. The molecule has 2 aromatic rings. The van der Waals surface area contributed by atoms with Crippen molar-refractivity contribution in [3.63, 3.8) is 0 Å². The highest BCUT2D eigenvalue weighted by molar-refractivity contribution is 5.64. The van der Waals surface area contributed by atoms with Crippen molar-refractivity contribution in [2.45, 2.75) is 50.7 Å². The zero-order valence-electron chi connectivity index (χ0n) is 14.6. The summed E-state index contributed by atoms with van der Waals surface area (Å²) in [7, 11) is 0. The van der Waals surface area contributed by atoms with Gasteiger partial charge in [-0.3, -0.25) is 0 Å². The van der Waals surface area contributed by atoms with Crippen molar-refractivity contribution in [2.75, 3.05) is 23.8 Å². The average molecular weight is 338 g/mol. The van der Waals surface area contributed by atoms with Crippen LogP contribution in [0, 0.1) is 0 Å². The zero-order valence-corrected chi connectivity index (χ0v) is 14.6. The second-order valence-electron chi connectivity index (χ2n) is 6.97. The van der Waals surface area contributed by atoms with Gasteiger partial charge in [0.1, 0.15) is 5.82 Å². The molecule has 2 fully saturated rings. The molecule has 0 spiro atoms. The first-order valence-electron chi connectivity index (χ1n) is 9.43. The van der Waals surface area contributed by atoms with Crippen molar-refractivity contribution in [3.05, 3.63) is 36.4 Å². The first-order valence-corrected chi connectivity index (χ1v) is 9.43. The van der Waals surface area contributed by atoms with Crippen molar-refractivity contribution < 1.29 is 4.74 Å². The highest BCUT2D eigenvalue weighted by Gasteiger charge is 2.18. The lowest BCUT2D eigenvalue weighted by Gasteiger charge is -2.16. The summed E-state index contributed by atoms with van der Waals surface area (Å²) in [5.41, 5.74) is 2.06. The third-order valence-corrected chi connectivity index (χ3v) is 5.01. The number of anilines is 2. The molecule has 1 unspecified atom stereocenters. The fourth-order valence-electron chi connectivity index (χ4n) is 3.65. The Morgan fingerprint density at radius 2 is 1.84 bits per heavy atom. The Labute approximate surface area is 149 Å². The summed E-state index contributed by atoms with van der Waals surface area (Å²) in [6.07, 6.45) is 7.59. The van der Waals surface area contributed by atoms with Crippen LogP contribution in [0.4, 0.5) is 11.8 Å². The van der Waals surface area contributed by atoms with Gasteiger partial charge in [0.15, 0.2) is 0 Å². The van der Waals surface area contributed by atoms with E-state index in [1.165, 1.54) is 25.7 Å². The number of hydrogen-bond donors (Lipinski definition) is 2. The minimum atomic E-state index is 0.273. The van der Waals surface area contributed by atoms with Crippen molar-refractivity contribution in [1.82, 2.24) is 9.97 Å². The van der Waals surface area contributed by atoms with E-state index in [1.54, 1.807) is 0 Å². The van der Waals surface area contributed by atoms with E-state index in [2.05, 4.69) is 28.8 Å². The van der Waals surface area contributed by atoms with Crippen molar-refractivity contribution in [2.24, 2.45) is 0 Å². The molecule has 2 N–H and O–H groups in total. The van der Waals surface area contributed by atoms with Crippen molar-refractivity contribution in [1.29, 1.82) is 0 Å². The lowest BCUT2D eigenvalue weighted by molar-refractivity contribution is 0.120.